The molecule has 4 rings (SSSR count). The Morgan fingerprint density at radius 3 is 2.84 bits per heavy atom. The molecule has 0 amide bonds. The fourth-order valence-electron chi connectivity index (χ4n) is 2.76. The van der Waals surface area contributed by atoms with Crippen molar-refractivity contribution in [3.05, 3.63) is 70.1 Å². The molecule has 0 aliphatic carbocycles. The third-order valence-corrected chi connectivity index (χ3v) is 4.95. The molecule has 1 aromatic carbocycles. The first kappa shape index (κ1) is 15.8. The third kappa shape index (κ3) is 3.01. The molecule has 0 aliphatic heterocycles. The molecule has 25 heavy (non-hydrogen) atoms. The molecule has 0 saturated carbocycles. The van der Waals surface area contributed by atoms with Crippen LogP contribution in [0.3, 0.4) is 0 Å². The summed E-state index contributed by atoms with van der Waals surface area (Å²) in [5, 5.41) is 6.36. The number of aromatic amines is 1. The summed E-state index contributed by atoms with van der Waals surface area (Å²) >= 11 is 1.64. The molecule has 3 aromatic heterocycles. The lowest BCUT2D eigenvalue weighted by Gasteiger charge is -2.03. The first-order valence-electron chi connectivity index (χ1n) is 8.08. The summed E-state index contributed by atoms with van der Waals surface area (Å²) in [6.07, 6.45) is 1.73. The average Bonchev–Trinajstić information content (AvgIpc) is 3.27. The van der Waals surface area contributed by atoms with Gasteiger partial charge in [0.2, 0.25) is 0 Å². The molecule has 126 valence electrons. The number of ether oxygens (including phenoxy) is 1. The van der Waals surface area contributed by atoms with Crippen molar-refractivity contribution in [2.75, 3.05) is 6.61 Å². The van der Waals surface area contributed by atoms with E-state index in [0.29, 0.717) is 18.9 Å². The predicted octanol–water partition coefficient (Wildman–Crippen LogP) is 3.95. The van der Waals surface area contributed by atoms with Crippen molar-refractivity contribution in [3.63, 3.8) is 0 Å². The van der Waals surface area contributed by atoms with Gasteiger partial charge in [0.1, 0.15) is 5.65 Å². The maximum Gasteiger partial charge on any atom is 0.274 e. The van der Waals surface area contributed by atoms with Crippen molar-refractivity contribution in [2.45, 2.75) is 13.5 Å². The van der Waals surface area contributed by atoms with Crippen LogP contribution in [0.25, 0.3) is 27.2 Å². The highest BCUT2D eigenvalue weighted by molar-refractivity contribution is 7.14. The molecule has 0 radical (unpaired) electrons. The van der Waals surface area contributed by atoms with Crippen LogP contribution in [0.1, 0.15) is 12.6 Å². The Morgan fingerprint density at radius 1 is 1.20 bits per heavy atom. The Labute approximate surface area is 148 Å². The van der Waals surface area contributed by atoms with Gasteiger partial charge >= 0.3 is 0 Å². The fourth-order valence-corrected chi connectivity index (χ4v) is 3.69. The third-order valence-electron chi connectivity index (χ3n) is 3.99. The van der Waals surface area contributed by atoms with Gasteiger partial charge < -0.3 is 9.72 Å². The number of rotatable bonds is 5. The number of aromatic nitrogens is 3. The normalized spacial score (nSPS) is 11.2. The topological polar surface area (TPSA) is 59.4 Å². The second kappa shape index (κ2) is 6.66. The van der Waals surface area contributed by atoms with Crippen molar-refractivity contribution in [1.82, 2.24) is 14.6 Å². The molecule has 0 bridgehead atoms. The number of fused-ring (bicyclic) bond motifs is 1. The van der Waals surface area contributed by atoms with Crippen LogP contribution in [-0.4, -0.2) is 21.2 Å². The van der Waals surface area contributed by atoms with Crippen molar-refractivity contribution < 1.29 is 4.74 Å². The zero-order chi connectivity index (χ0) is 17.2. The number of nitrogens with zero attached hydrogens (tertiary/aromatic N) is 2. The van der Waals surface area contributed by atoms with Crippen LogP contribution in [0, 0.1) is 0 Å². The van der Waals surface area contributed by atoms with Gasteiger partial charge in [0.05, 0.1) is 18.4 Å². The minimum absolute atomic E-state index is 0.158. The summed E-state index contributed by atoms with van der Waals surface area (Å²) in [5.41, 5.74) is 4.54. The first-order valence-corrected chi connectivity index (χ1v) is 8.96. The van der Waals surface area contributed by atoms with Gasteiger partial charge in [-0.1, -0.05) is 30.3 Å². The van der Waals surface area contributed by atoms with Gasteiger partial charge in [-0.05, 0) is 29.5 Å². The number of hydrogen-bond donors (Lipinski definition) is 1. The highest BCUT2D eigenvalue weighted by Crippen LogP contribution is 2.33. The molecular formula is C19H17N3O2S. The van der Waals surface area contributed by atoms with Gasteiger partial charge in [-0.15, -0.1) is 11.3 Å². The van der Waals surface area contributed by atoms with Crippen molar-refractivity contribution >= 4 is 17.0 Å². The van der Waals surface area contributed by atoms with Gasteiger partial charge in [0, 0.05) is 23.2 Å². The lowest BCUT2D eigenvalue weighted by Crippen LogP contribution is -2.16. The van der Waals surface area contributed by atoms with Crippen LogP contribution in [0.4, 0.5) is 0 Å². The Bertz CT molecular complexity index is 1060. The Balaban J connectivity index is 1.78. The summed E-state index contributed by atoms with van der Waals surface area (Å²) < 4.78 is 6.81. The molecule has 5 nitrogen and oxygen atoms in total. The molecule has 6 heteroatoms. The molecule has 4 aromatic rings. The molecular weight excluding hydrogens is 334 g/mol. The van der Waals surface area contributed by atoms with E-state index >= 15 is 0 Å². The van der Waals surface area contributed by atoms with Gasteiger partial charge in [0.25, 0.3) is 5.56 Å². The van der Waals surface area contributed by atoms with E-state index in [4.69, 9.17) is 4.74 Å². The largest absolute Gasteiger partial charge is 0.376 e. The Kier molecular flexibility index (Phi) is 4.21. The van der Waals surface area contributed by atoms with E-state index in [1.165, 1.54) is 16.1 Å². The Hall–Kier alpha value is -2.70. The fraction of sp³-hybridized carbons (Fsp3) is 0.158. The maximum atomic E-state index is 12.3. The maximum absolute atomic E-state index is 12.3. The van der Waals surface area contributed by atoms with E-state index in [1.807, 2.05) is 25.1 Å². The second-order valence-corrected chi connectivity index (χ2v) is 6.57. The van der Waals surface area contributed by atoms with Crippen LogP contribution in [0.15, 0.2) is 58.8 Å². The Morgan fingerprint density at radius 2 is 2.04 bits per heavy atom. The summed E-state index contributed by atoms with van der Waals surface area (Å²) in [7, 11) is 0. The van der Waals surface area contributed by atoms with E-state index < -0.39 is 0 Å². The summed E-state index contributed by atoms with van der Waals surface area (Å²) in [6.45, 7) is 2.91. The number of hydrogen-bond acceptors (Lipinski definition) is 4. The van der Waals surface area contributed by atoms with Gasteiger partial charge in [-0.2, -0.15) is 9.61 Å². The molecule has 0 fully saturated rings. The SMILES string of the molecule is CCOCc1cc(=O)n2ncc(-c3cc(-c4ccccc4)cs3)c2[nH]1. The molecule has 0 atom stereocenters. The quantitative estimate of drug-likeness (QED) is 0.592. The lowest BCUT2D eigenvalue weighted by molar-refractivity contribution is 0.131. The highest BCUT2D eigenvalue weighted by Gasteiger charge is 2.13. The molecule has 1 N–H and O–H groups in total. The van der Waals surface area contributed by atoms with E-state index in [0.717, 1.165) is 21.7 Å². The van der Waals surface area contributed by atoms with Gasteiger partial charge in [-0.25, -0.2) is 0 Å². The van der Waals surface area contributed by atoms with E-state index in [9.17, 15) is 4.79 Å². The van der Waals surface area contributed by atoms with Crippen LogP contribution in [0.2, 0.25) is 0 Å². The second-order valence-electron chi connectivity index (χ2n) is 5.65. The zero-order valence-electron chi connectivity index (χ0n) is 13.7. The van der Waals surface area contributed by atoms with Crippen molar-refractivity contribution in [1.29, 1.82) is 0 Å². The summed E-state index contributed by atoms with van der Waals surface area (Å²) in [4.78, 5) is 16.6. The molecule has 0 unspecified atom stereocenters. The van der Waals surface area contributed by atoms with Crippen LogP contribution in [-0.2, 0) is 11.3 Å². The molecule has 0 aliphatic rings. The number of thiophene rings is 1. The molecule has 0 saturated heterocycles. The minimum Gasteiger partial charge on any atom is -0.376 e. The number of benzene rings is 1. The van der Waals surface area contributed by atoms with Gasteiger partial charge in [0.15, 0.2) is 0 Å². The van der Waals surface area contributed by atoms with Crippen molar-refractivity contribution in [2.24, 2.45) is 0 Å². The molecule has 3 heterocycles. The summed E-state index contributed by atoms with van der Waals surface area (Å²) in [5.74, 6) is 0. The summed E-state index contributed by atoms with van der Waals surface area (Å²) in [6, 6.07) is 13.9. The lowest BCUT2D eigenvalue weighted by atomic mass is 10.1. The van der Waals surface area contributed by atoms with E-state index in [-0.39, 0.29) is 5.56 Å². The zero-order valence-corrected chi connectivity index (χ0v) is 14.5. The average molecular weight is 351 g/mol. The smallest absolute Gasteiger partial charge is 0.274 e. The number of H-pyrrole nitrogens is 1. The standard InChI is InChI=1S/C19H17N3O2S/c1-2-24-11-15-9-18(23)22-19(21-15)16(10-20-22)17-8-14(12-25-17)13-6-4-3-5-7-13/h3-10,12,21H,2,11H2,1H3. The van der Waals surface area contributed by atoms with Crippen molar-refractivity contribution in [3.8, 4) is 21.6 Å². The first-order chi connectivity index (χ1) is 12.3. The minimum atomic E-state index is -0.158. The van der Waals surface area contributed by atoms with E-state index in [2.05, 4.69) is 33.7 Å². The molecule has 0 spiro atoms. The van der Waals surface area contributed by atoms with Gasteiger partial charge in [-0.3, -0.25) is 4.79 Å². The van der Waals surface area contributed by atoms with Crippen LogP contribution < -0.4 is 5.56 Å². The predicted molar refractivity (Wildman–Crippen MR) is 99.9 cm³/mol. The highest BCUT2D eigenvalue weighted by atomic mass is 32.1. The van der Waals surface area contributed by atoms with Crippen LogP contribution in [0.5, 0.6) is 0 Å². The monoisotopic (exact) mass is 351 g/mol. The van der Waals surface area contributed by atoms with E-state index in [1.54, 1.807) is 17.5 Å². The number of nitrogens with one attached hydrogen (secondary N) is 1. The van der Waals surface area contributed by atoms with Crippen LogP contribution >= 0.6 is 11.3 Å².